The standard InChI is InChI=1S/C27H31ClN2O5/c1-2-16-35-22-10-6-19(7-11-22)24-23(25(31)20-4-8-21(28)9-5-20)26(32)27(33)30(24)13-3-12-29-14-17-34-18-15-29/h4-11,24,31H,2-3,12-18H2,1H3. The molecule has 1 N–H and O–H groups in total. The highest BCUT2D eigenvalue weighted by Gasteiger charge is 2.44. The van der Waals surface area contributed by atoms with Crippen LogP contribution in [0.2, 0.25) is 5.02 Å². The van der Waals surface area contributed by atoms with Gasteiger partial charge in [0, 0.05) is 23.6 Å². The Morgan fingerprint density at radius 2 is 1.80 bits per heavy atom. The fourth-order valence-corrected chi connectivity index (χ4v) is 4.71. The van der Waals surface area contributed by atoms with Crippen LogP contribution in [0.1, 0.15) is 36.9 Å². The molecular weight excluding hydrogens is 468 g/mol. The maximum Gasteiger partial charge on any atom is 0.295 e. The molecule has 0 saturated carbocycles. The molecule has 7 nitrogen and oxygen atoms in total. The SMILES string of the molecule is CCCOc1ccc(C2C(=C([O-])c3ccc(Cl)cc3)C(=O)C(=O)N2CCC[NH+]2CCOCC2)cc1. The number of quaternary nitrogens is 1. The molecule has 0 aromatic heterocycles. The molecule has 1 atom stereocenters. The minimum atomic E-state index is -0.738. The Balaban J connectivity index is 1.64. The van der Waals surface area contributed by atoms with E-state index in [2.05, 4.69) is 0 Å². The molecule has 2 aromatic rings. The first-order chi connectivity index (χ1) is 17.0. The zero-order chi connectivity index (χ0) is 24.8. The number of hydrogen-bond acceptors (Lipinski definition) is 5. The monoisotopic (exact) mass is 498 g/mol. The summed E-state index contributed by atoms with van der Waals surface area (Å²) in [4.78, 5) is 29.2. The first-order valence-electron chi connectivity index (χ1n) is 12.2. The van der Waals surface area contributed by atoms with Gasteiger partial charge >= 0.3 is 0 Å². The third-order valence-corrected chi connectivity index (χ3v) is 6.69. The van der Waals surface area contributed by atoms with E-state index < -0.39 is 23.5 Å². The molecule has 2 aromatic carbocycles. The summed E-state index contributed by atoms with van der Waals surface area (Å²) < 4.78 is 11.1. The van der Waals surface area contributed by atoms with Crippen LogP contribution in [-0.4, -0.2) is 62.6 Å². The molecule has 0 radical (unpaired) electrons. The lowest BCUT2D eigenvalue weighted by Crippen LogP contribution is -3.14. The van der Waals surface area contributed by atoms with Crippen LogP contribution in [0.15, 0.2) is 54.1 Å². The number of nitrogens with zero attached hydrogens (tertiary/aromatic N) is 1. The van der Waals surface area contributed by atoms with E-state index >= 15 is 0 Å². The number of Topliss-reactive ketones (excluding diaryl/α,β-unsaturated/α-hetero) is 1. The fourth-order valence-electron chi connectivity index (χ4n) is 4.58. The summed E-state index contributed by atoms with van der Waals surface area (Å²) in [5, 5.41) is 13.9. The van der Waals surface area contributed by atoms with Crippen LogP contribution in [0.25, 0.3) is 5.76 Å². The zero-order valence-corrected chi connectivity index (χ0v) is 20.7. The quantitative estimate of drug-likeness (QED) is 0.323. The van der Waals surface area contributed by atoms with E-state index in [0.29, 0.717) is 35.1 Å². The number of benzene rings is 2. The number of halogens is 1. The summed E-state index contributed by atoms with van der Waals surface area (Å²) in [5.41, 5.74) is 1.03. The lowest BCUT2D eigenvalue weighted by atomic mass is 9.95. The number of likely N-dealkylation sites (tertiary alicyclic amines) is 1. The summed E-state index contributed by atoms with van der Waals surface area (Å²) in [6.45, 7) is 7.23. The normalized spacial score (nSPS) is 20.4. The van der Waals surface area contributed by atoms with Crippen LogP contribution >= 0.6 is 11.6 Å². The number of morpholine rings is 1. The van der Waals surface area contributed by atoms with Crippen LogP contribution in [0.3, 0.4) is 0 Å². The lowest BCUT2D eigenvalue weighted by Gasteiger charge is -2.29. The van der Waals surface area contributed by atoms with Gasteiger partial charge in [0.2, 0.25) is 5.78 Å². The lowest BCUT2D eigenvalue weighted by molar-refractivity contribution is -0.908. The van der Waals surface area contributed by atoms with Crippen LogP contribution in [0.5, 0.6) is 5.75 Å². The minimum Gasteiger partial charge on any atom is -0.872 e. The van der Waals surface area contributed by atoms with Gasteiger partial charge in [-0.25, -0.2) is 0 Å². The Morgan fingerprint density at radius 1 is 1.11 bits per heavy atom. The second kappa shape index (κ2) is 11.7. The molecule has 2 aliphatic heterocycles. The van der Waals surface area contributed by atoms with Crippen molar-refractivity contribution in [3.8, 4) is 5.75 Å². The van der Waals surface area contributed by atoms with Crippen molar-refractivity contribution in [2.75, 3.05) is 46.0 Å². The highest BCUT2D eigenvalue weighted by Crippen LogP contribution is 2.39. The van der Waals surface area contributed by atoms with Crippen molar-refractivity contribution in [2.24, 2.45) is 0 Å². The minimum absolute atomic E-state index is 0.0155. The van der Waals surface area contributed by atoms with Crippen molar-refractivity contribution in [1.82, 2.24) is 4.90 Å². The van der Waals surface area contributed by atoms with Gasteiger partial charge in [0.1, 0.15) is 18.8 Å². The third-order valence-electron chi connectivity index (χ3n) is 6.43. The number of ketones is 1. The summed E-state index contributed by atoms with van der Waals surface area (Å²) in [6, 6.07) is 12.9. The maximum atomic E-state index is 13.5. The molecule has 2 aliphatic rings. The number of rotatable bonds is 9. The van der Waals surface area contributed by atoms with Gasteiger partial charge in [-0.15, -0.1) is 0 Å². The molecule has 2 heterocycles. The Kier molecular flexibility index (Phi) is 8.44. The number of nitrogens with one attached hydrogen (secondary N) is 1. The topological polar surface area (TPSA) is 83.3 Å². The highest BCUT2D eigenvalue weighted by atomic mass is 35.5. The predicted octanol–water partition coefficient (Wildman–Crippen LogP) is 1.66. The Hall–Kier alpha value is -2.87. The van der Waals surface area contributed by atoms with Crippen molar-refractivity contribution in [1.29, 1.82) is 0 Å². The van der Waals surface area contributed by atoms with Gasteiger partial charge in [0.05, 0.1) is 32.4 Å². The number of carbonyl (C=O) groups is 2. The van der Waals surface area contributed by atoms with E-state index in [4.69, 9.17) is 21.1 Å². The molecule has 186 valence electrons. The molecular formula is C27H31ClN2O5. The van der Waals surface area contributed by atoms with Gasteiger partial charge in [0.15, 0.2) is 0 Å². The molecule has 4 rings (SSSR count). The number of hydrogen-bond donors (Lipinski definition) is 1. The summed E-state index contributed by atoms with van der Waals surface area (Å²) in [5.74, 6) is -1.10. The van der Waals surface area contributed by atoms with E-state index in [9.17, 15) is 14.7 Å². The van der Waals surface area contributed by atoms with E-state index in [0.717, 1.165) is 45.7 Å². The maximum absolute atomic E-state index is 13.5. The number of carbonyl (C=O) groups excluding carboxylic acids is 2. The smallest absolute Gasteiger partial charge is 0.295 e. The van der Waals surface area contributed by atoms with Crippen molar-refractivity contribution in [3.05, 3.63) is 70.3 Å². The van der Waals surface area contributed by atoms with Crippen LogP contribution in [0.4, 0.5) is 0 Å². The fraction of sp³-hybridized carbons (Fsp3) is 0.407. The summed E-state index contributed by atoms with van der Waals surface area (Å²) >= 11 is 5.98. The first kappa shape index (κ1) is 25.2. The van der Waals surface area contributed by atoms with Crippen LogP contribution in [-0.2, 0) is 14.3 Å². The van der Waals surface area contributed by atoms with Gasteiger partial charge < -0.3 is 24.4 Å². The van der Waals surface area contributed by atoms with Crippen LogP contribution in [0, 0.1) is 0 Å². The highest BCUT2D eigenvalue weighted by molar-refractivity contribution is 6.46. The third kappa shape index (κ3) is 5.86. The number of amides is 1. The Bertz CT molecular complexity index is 1060. The molecule has 0 aliphatic carbocycles. The number of ether oxygens (including phenoxy) is 2. The molecule has 1 unspecified atom stereocenters. The Morgan fingerprint density at radius 3 is 2.46 bits per heavy atom. The van der Waals surface area contributed by atoms with Gasteiger partial charge in [-0.2, -0.15) is 0 Å². The van der Waals surface area contributed by atoms with Crippen molar-refractivity contribution < 1.29 is 29.1 Å². The molecule has 35 heavy (non-hydrogen) atoms. The molecule has 8 heteroatoms. The first-order valence-corrected chi connectivity index (χ1v) is 12.5. The average Bonchev–Trinajstić information content (AvgIpc) is 3.13. The van der Waals surface area contributed by atoms with Gasteiger partial charge in [0.25, 0.3) is 5.91 Å². The Labute approximate surface area is 210 Å². The summed E-state index contributed by atoms with van der Waals surface area (Å²) in [7, 11) is 0. The van der Waals surface area contributed by atoms with Crippen LogP contribution < -0.4 is 14.7 Å². The molecule has 2 fully saturated rings. The molecule has 0 spiro atoms. The van der Waals surface area contributed by atoms with Gasteiger partial charge in [-0.1, -0.05) is 48.5 Å². The predicted molar refractivity (Wildman–Crippen MR) is 131 cm³/mol. The second-order valence-corrected chi connectivity index (χ2v) is 9.30. The second-order valence-electron chi connectivity index (χ2n) is 8.86. The molecule has 1 amide bonds. The van der Waals surface area contributed by atoms with Crippen molar-refractivity contribution >= 4 is 29.1 Å². The average molecular weight is 499 g/mol. The van der Waals surface area contributed by atoms with Gasteiger partial charge in [-0.3, -0.25) is 9.59 Å². The van der Waals surface area contributed by atoms with E-state index in [1.807, 2.05) is 31.2 Å². The van der Waals surface area contributed by atoms with Gasteiger partial charge in [-0.05, 0) is 41.8 Å². The van der Waals surface area contributed by atoms with E-state index in [1.54, 1.807) is 29.2 Å². The van der Waals surface area contributed by atoms with Crippen molar-refractivity contribution in [3.63, 3.8) is 0 Å². The van der Waals surface area contributed by atoms with Crippen molar-refractivity contribution in [2.45, 2.75) is 25.8 Å². The molecule has 2 saturated heterocycles. The zero-order valence-electron chi connectivity index (χ0n) is 19.9. The largest absolute Gasteiger partial charge is 0.872 e. The van der Waals surface area contributed by atoms with E-state index in [1.165, 1.54) is 4.90 Å². The summed E-state index contributed by atoms with van der Waals surface area (Å²) in [6.07, 6.45) is 1.62. The molecule has 0 bridgehead atoms. The van der Waals surface area contributed by atoms with E-state index in [-0.39, 0.29) is 5.57 Å².